The van der Waals surface area contributed by atoms with Crippen LogP contribution in [0.1, 0.15) is 23.6 Å². The number of benzene rings is 2. The minimum Gasteiger partial charge on any atom is -0.872 e. The molecule has 0 spiro atoms. The molecule has 1 unspecified atom stereocenters. The van der Waals surface area contributed by atoms with Crippen LogP contribution in [0.25, 0.3) is 5.76 Å². The molecular weight excluding hydrogens is 437 g/mol. The van der Waals surface area contributed by atoms with Crippen LogP contribution in [0.4, 0.5) is 4.39 Å². The number of ether oxygens (including phenoxy) is 1. The smallest absolute Gasteiger partial charge is 0.295 e. The number of nitrogens with one attached hydrogen (secondary N) is 1. The summed E-state index contributed by atoms with van der Waals surface area (Å²) in [5.41, 5.74) is 0.633. The van der Waals surface area contributed by atoms with Crippen LogP contribution in [0, 0.1) is 5.82 Å². The van der Waals surface area contributed by atoms with E-state index in [4.69, 9.17) is 4.74 Å². The molecule has 1 amide bonds. The van der Waals surface area contributed by atoms with Crippen LogP contribution in [0.5, 0.6) is 5.75 Å². The van der Waals surface area contributed by atoms with Crippen LogP contribution in [0.2, 0.25) is 0 Å². The molecule has 1 atom stereocenters. The van der Waals surface area contributed by atoms with E-state index in [9.17, 15) is 19.1 Å². The van der Waals surface area contributed by atoms with Gasteiger partial charge in [0.1, 0.15) is 30.6 Å². The molecule has 1 aromatic heterocycles. The highest BCUT2D eigenvalue weighted by Crippen LogP contribution is 2.38. The normalized spacial score (nSPS) is 17.2. The highest BCUT2D eigenvalue weighted by molar-refractivity contribution is 6.46. The quantitative estimate of drug-likeness (QED) is 0.174. The van der Waals surface area contributed by atoms with Gasteiger partial charge in [0.25, 0.3) is 5.91 Å². The van der Waals surface area contributed by atoms with Gasteiger partial charge in [-0.25, -0.2) is 8.96 Å². The van der Waals surface area contributed by atoms with Crippen molar-refractivity contribution in [1.82, 2.24) is 9.88 Å². The molecule has 2 aromatic carbocycles. The Labute approximate surface area is 196 Å². The van der Waals surface area contributed by atoms with Gasteiger partial charge in [-0.15, -0.1) is 0 Å². The molecule has 7 nitrogen and oxygen atoms in total. The Kier molecular flexibility index (Phi) is 6.87. The van der Waals surface area contributed by atoms with Crippen molar-refractivity contribution in [1.29, 1.82) is 0 Å². The molecule has 0 bridgehead atoms. The van der Waals surface area contributed by atoms with Gasteiger partial charge in [0.2, 0.25) is 12.1 Å². The van der Waals surface area contributed by atoms with E-state index in [1.165, 1.54) is 29.2 Å². The Balaban J connectivity index is 1.68. The lowest BCUT2D eigenvalue weighted by Crippen LogP contribution is -2.36. The van der Waals surface area contributed by atoms with Crippen molar-refractivity contribution >= 4 is 17.4 Å². The highest BCUT2D eigenvalue weighted by Gasteiger charge is 2.43. The molecule has 1 N–H and O–H groups in total. The minimum absolute atomic E-state index is 0.134. The van der Waals surface area contributed by atoms with Crippen molar-refractivity contribution in [2.45, 2.75) is 19.0 Å². The van der Waals surface area contributed by atoms with Crippen LogP contribution in [-0.4, -0.2) is 34.7 Å². The Morgan fingerprint density at radius 2 is 1.91 bits per heavy atom. The average Bonchev–Trinajstić information content (AvgIpc) is 3.45. The van der Waals surface area contributed by atoms with E-state index in [1.54, 1.807) is 42.9 Å². The molecule has 4 rings (SSSR count). The van der Waals surface area contributed by atoms with E-state index in [0.29, 0.717) is 30.9 Å². The number of likely N-dealkylation sites (tertiary alicyclic amines) is 1. The van der Waals surface area contributed by atoms with Crippen molar-refractivity contribution in [2.75, 3.05) is 13.2 Å². The molecule has 34 heavy (non-hydrogen) atoms. The van der Waals surface area contributed by atoms with Gasteiger partial charge in [0, 0.05) is 18.5 Å². The second-order valence-corrected chi connectivity index (χ2v) is 7.85. The number of nitrogens with zero attached hydrogens (tertiary/aromatic N) is 2. The molecule has 0 aliphatic carbocycles. The molecule has 1 aliphatic rings. The van der Waals surface area contributed by atoms with E-state index in [2.05, 4.69) is 11.6 Å². The molecule has 174 valence electrons. The molecule has 3 aromatic rings. The number of ketones is 1. The lowest BCUT2D eigenvalue weighted by molar-refractivity contribution is -0.695. The van der Waals surface area contributed by atoms with E-state index in [0.717, 1.165) is 0 Å². The largest absolute Gasteiger partial charge is 0.872 e. The number of halogens is 1. The Morgan fingerprint density at radius 3 is 2.56 bits per heavy atom. The van der Waals surface area contributed by atoms with Crippen molar-refractivity contribution in [2.24, 2.45) is 0 Å². The van der Waals surface area contributed by atoms with Gasteiger partial charge in [-0.2, -0.15) is 0 Å². The first-order valence-electron chi connectivity index (χ1n) is 10.9. The third kappa shape index (κ3) is 4.76. The third-order valence-electron chi connectivity index (χ3n) is 5.62. The maximum absolute atomic E-state index is 13.6. The Morgan fingerprint density at radius 1 is 1.18 bits per heavy atom. The number of rotatable bonds is 9. The first-order valence-corrected chi connectivity index (χ1v) is 10.9. The predicted octanol–water partition coefficient (Wildman–Crippen LogP) is 2.32. The van der Waals surface area contributed by atoms with Crippen LogP contribution in [0.15, 0.2) is 85.5 Å². The average molecular weight is 461 g/mol. The number of hydrogen-bond donors (Lipinski definition) is 1. The van der Waals surface area contributed by atoms with Crippen LogP contribution >= 0.6 is 0 Å². The lowest BCUT2D eigenvalue weighted by atomic mass is 9.95. The molecule has 0 radical (unpaired) electrons. The number of amides is 1. The number of hydrogen-bond acceptors (Lipinski definition) is 4. The van der Waals surface area contributed by atoms with Gasteiger partial charge in [0.15, 0.2) is 0 Å². The van der Waals surface area contributed by atoms with Crippen LogP contribution < -0.4 is 14.4 Å². The molecule has 1 fully saturated rings. The number of carbonyl (C=O) groups is 2. The van der Waals surface area contributed by atoms with Gasteiger partial charge in [-0.05, 0) is 35.4 Å². The SMILES string of the molecule is C=CCOc1ccc(/C([O-])=C2\C(=O)C(=O)N(CCC[n+]3cc[nH]c3)C2c2ccc(F)cc2)cc1. The van der Waals surface area contributed by atoms with E-state index in [1.807, 2.05) is 10.8 Å². The molecule has 1 saturated heterocycles. The monoisotopic (exact) mass is 461 g/mol. The van der Waals surface area contributed by atoms with Gasteiger partial charge in [0.05, 0.1) is 12.6 Å². The summed E-state index contributed by atoms with van der Waals surface area (Å²) in [7, 11) is 0. The standard InChI is InChI=1S/C26H24FN3O4/c1-2-16-34-21-10-6-19(7-11-21)24(31)22-23(18-4-8-20(27)9-5-18)30(26(33)25(22)32)14-3-13-29-15-12-28-17-29/h2,4-12,15,17,23H,1,3,13-14,16H2,(H,31,32). The van der Waals surface area contributed by atoms with E-state index in [-0.39, 0.29) is 17.7 Å². The number of aryl methyl sites for hydroxylation is 1. The van der Waals surface area contributed by atoms with Crippen LogP contribution in [0.3, 0.4) is 0 Å². The highest BCUT2D eigenvalue weighted by atomic mass is 19.1. The van der Waals surface area contributed by atoms with Crippen molar-refractivity contribution in [3.63, 3.8) is 0 Å². The topological polar surface area (TPSA) is 89.3 Å². The zero-order valence-corrected chi connectivity index (χ0v) is 18.4. The summed E-state index contributed by atoms with van der Waals surface area (Å²) in [5.74, 6) is -2.00. The molecular formula is C26H24FN3O4. The number of Topliss-reactive ketones (excluding diaryl/α,β-unsaturated/α-hetero) is 1. The number of aromatic amines is 1. The van der Waals surface area contributed by atoms with E-state index >= 15 is 0 Å². The molecule has 8 heteroatoms. The van der Waals surface area contributed by atoms with Crippen LogP contribution in [-0.2, 0) is 16.1 Å². The maximum atomic E-state index is 13.6. The molecule has 0 saturated carbocycles. The third-order valence-corrected chi connectivity index (χ3v) is 5.62. The van der Waals surface area contributed by atoms with Gasteiger partial charge in [-0.1, -0.05) is 42.7 Å². The molecule has 2 heterocycles. The number of H-pyrrole nitrogens is 1. The Hall–Kier alpha value is -4.20. The van der Waals surface area contributed by atoms with Gasteiger partial charge in [-0.3, -0.25) is 14.6 Å². The number of carbonyl (C=O) groups excluding carboxylic acids is 2. The predicted molar refractivity (Wildman–Crippen MR) is 121 cm³/mol. The lowest BCUT2D eigenvalue weighted by Gasteiger charge is -2.27. The van der Waals surface area contributed by atoms with Gasteiger partial charge >= 0.3 is 0 Å². The van der Waals surface area contributed by atoms with Gasteiger partial charge < -0.3 is 14.7 Å². The zero-order valence-electron chi connectivity index (χ0n) is 18.4. The first-order chi connectivity index (χ1) is 16.5. The minimum atomic E-state index is -0.888. The fourth-order valence-corrected chi connectivity index (χ4v) is 3.99. The summed E-state index contributed by atoms with van der Waals surface area (Å²) in [6.45, 7) is 4.79. The summed E-state index contributed by atoms with van der Waals surface area (Å²) in [6.07, 6.45) is 7.60. The van der Waals surface area contributed by atoms with E-state index < -0.39 is 29.3 Å². The summed E-state index contributed by atoms with van der Waals surface area (Å²) in [4.78, 5) is 30.3. The van der Waals surface area contributed by atoms with Crippen molar-refractivity contribution < 1.29 is 28.4 Å². The summed E-state index contributed by atoms with van der Waals surface area (Å²) < 4.78 is 20.9. The summed E-state index contributed by atoms with van der Waals surface area (Å²) in [5, 5.41) is 13.4. The first kappa shape index (κ1) is 23.0. The second-order valence-electron chi connectivity index (χ2n) is 7.85. The van der Waals surface area contributed by atoms with Crippen molar-refractivity contribution in [3.05, 3.63) is 102 Å². The summed E-state index contributed by atoms with van der Waals surface area (Å²) >= 11 is 0. The molecule has 1 aliphatic heterocycles. The number of imidazole rings is 1. The maximum Gasteiger partial charge on any atom is 0.295 e. The zero-order chi connectivity index (χ0) is 24.1. The Bertz CT molecular complexity index is 1200. The number of aromatic nitrogens is 2. The second kappa shape index (κ2) is 10.2. The fraction of sp³-hybridized carbons (Fsp3) is 0.192. The fourth-order valence-electron chi connectivity index (χ4n) is 3.99. The summed E-state index contributed by atoms with van der Waals surface area (Å²) in [6, 6.07) is 11.0. The van der Waals surface area contributed by atoms with Crippen molar-refractivity contribution in [3.8, 4) is 5.75 Å².